The number of nitrogens with two attached hydrogens (primary N) is 1. The highest BCUT2D eigenvalue weighted by Crippen LogP contribution is 2.21. The molecule has 4 heteroatoms. The van der Waals surface area contributed by atoms with Gasteiger partial charge in [0.1, 0.15) is 0 Å². The molecule has 2 N–H and O–H groups in total. The number of unbranched alkanes of at least 4 members (excludes halogenated alkanes) is 1. The Labute approximate surface area is 107 Å². The van der Waals surface area contributed by atoms with E-state index >= 15 is 0 Å². The first kappa shape index (κ1) is 17.9. The number of likely N-dealkylation sites (N-methyl/N-ethyl adjacent to an activating group) is 1. The molecule has 0 unspecified atom stereocenters. The smallest absolute Gasteiger partial charge is 0.0244 e. The Bertz CT molecular complexity index is 145. The monoisotopic (exact) mass is 256 g/mol. The van der Waals surface area contributed by atoms with Gasteiger partial charge in [-0.2, -0.15) is 0 Å². The van der Waals surface area contributed by atoms with Crippen LogP contribution in [0.5, 0.6) is 0 Å². The molecule has 0 heterocycles. The van der Waals surface area contributed by atoms with Crippen LogP contribution in [0.25, 0.3) is 0 Å². The van der Waals surface area contributed by atoms with Gasteiger partial charge in [0.2, 0.25) is 0 Å². The lowest BCUT2D eigenvalue weighted by atomic mass is 9.90. The summed E-state index contributed by atoms with van der Waals surface area (Å²) in [7, 11) is 2.23. The third kappa shape index (κ3) is 5.96. The van der Waals surface area contributed by atoms with E-state index in [1.54, 1.807) is 0 Å². The molecule has 0 aromatic heterocycles. The van der Waals surface area contributed by atoms with Gasteiger partial charge >= 0.3 is 0 Å². The van der Waals surface area contributed by atoms with Crippen molar-refractivity contribution in [1.29, 1.82) is 0 Å². The van der Waals surface area contributed by atoms with Gasteiger partial charge in [0.15, 0.2) is 0 Å². The number of rotatable bonds is 4. The molecule has 1 fully saturated rings. The van der Waals surface area contributed by atoms with Gasteiger partial charge in [0.25, 0.3) is 0 Å². The van der Waals surface area contributed by atoms with Crippen LogP contribution in [0.1, 0.15) is 45.4 Å². The quantitative estimate of drug-likeness (QED) is 0.839. The Morgan fingerprint density at radius 1 is 1.20 bits per heavy atom. The van der Waals surface area contributed by atoms with Crippen LogP contribution in [-0.4, -0.2) is 30.6 Å². The van der Waals surface area contributed by atoms with Crippen LogP contribution in [0.2, 0.25) is 0 Å². The van der Waals surface area contributed by atoms with Gasteiger partial charge in [0, 0.05) is 12.1 Å². The van der Waals surface area contributed by atoms with E-state index in [0.717, 1.165) is 0 Å². The van der Waals surface area contributed by atoms with Crippen LogP contribution in [0.3, 0.4) is 0 Å². The second-order valence-corrected chi connectivity index (χ2v) is 4.35. The second-order valence-electron chi connectivity index (χ2n) is 4.35. The molecule has 2 nitrogen and oxygen atoms in total. The van der Waals surface area contributed by atoms with Crippen molar-refractivity contribution in [2.75, 3.05) is 13.6 Å². The fourth-order valence-corrected chi connectivity index (χ4v) is 2.26. The molecule has 15 heavy (non-hydrogen) atoms. The predicted octanol–water partition coefficient (Wildman–Crippen LogP) is 2.83. The molecule has 0 aromatic carbocycles. The van der Waals surface area contributed by atoms with Crippen molar-refractivity contribution in [2.45, 2.75) is 57.5 Å². The minimum absolute atomic E-state index is 0. The largest absolute Gasteiger partial charge is 0.326 e. The summed E-state index contributed by atoms with van der Waals surface area (Å²) in [6, 6.07) is 1.08. The average Bonchev–Trinajstić information content (AvgIpc) is 2.15. The molecule has 94 valence electrons. The van der Waals surface area contributed by atoms with Gasteiger partial charge in [-0.1, -0.05) is 26.2 Å². The molecule has 2 atom stereocenters. The number of hydrogen-bond donors (Lipinski definition) is 1. The van der Waals surface area contributed by atoms with E-state index in [-0.39, 0.29) is 24.8 Å². The maximum Gasteiger partial charge on any atom is 0.0244 e. The molecule has 1 rings (SSSR count). The van der Waals surface area contributed by atoms with E-state index in [4.69, 9.17) is 5.73 Å². The van der Waals surface area contributed by atoms with Crippen LogP contribution in [0, 0.1) is 0 Å². The first-order valence-corrected chi connectivity index (χ1v) is 5.71. The SMILES string of the molecule is CCCCN(C)[C@@H]1CCCC[C@H]1N.Cl.Cl. The lowest BCUT2D eigenvalue weighted by molar-refractivity contribution is 0.167. The summed E-state index contributed by atoms with van der Waals surface area (Å²) in [5.74, 6) is 0. The number of halogens is 2. The third-order valence-electron chi connectivity index (χ3n) is 3.21. The minimum Gasteiger partial charge on any atom is -0.326 e. The molecule has 0 saturated heterocycles. The van der Waals surface area contributed by atoms with E-state index in [0.29, 0.717) is 12.1 Å². The standard InChI is InChI=1S/C11H24N2.2ClH/c1-3-4-9-13(2)11-8-6-5-7-10(11)12;;/h10-11H,3-9,12H2,1-2H3;2*1H/t10-,11-;;/m1../s1. The average molecular weight is 257 g/mol. The fraction of sp³-hybridized carbons (Fsp3) is 1.00. The van der Waals surface area contributed by atoms with Gasteiger partial charge in [-0.15, -0.1) is 24.8 Å². The summed E-state index contributed by atoms with van der Waals surface area (Å²) in [6.45, 7) is 3.46. The summed E-state index contributed by atoms with van der Waals surface area (Å²) in [5.41, 5.74) is 6.11. The second kappa shape index (κ2) is 9.71. The van der Waals surface area contributed by atoms with Gasteiger partial charge in [0.05, 0.1) is 0 Å². The highest BCUT2D eigenvalue weighted by molar-refractivity contribution is 5.85. The molecule has 0 aromatic rings. The van der Waals surface area contributed by atoms with E-state index in [1.165, 1.54) is 45.1 Å². The summed E-state index contributed by atoms with van der Waals surface area (Å²) in [6.07, 6.45) is 7.82. The minimum atomic E-state index is 0. The zero-order valence-electron chi connectivity index (χ0n) is 9.95. The Morgan fingerprint density at radius 3 is 2.33 bits per heavy atom. The molecule has 0 radical (unpaired) electrons. The van der Waals surface area contributed by atoms with Crippen LogP contribution in [0.15, 0.2) is 0 Å². The summed E-state index contributed by atoms with van der Waals surface area (Å²) in [4.78, 5) is 2.47. The van der Waals surface area contributed by atoms with Gasteiger partial charge in [-0.3, -0.25) is 0 Å². The van der Waals surface area contributed by atoms with Crippen LogP contribution >= 0.6 is 24.8 Å². The molecule has 1 saturated carbocycles. The zero-order chi connectivity index (χ0) is 9.68. The summed E-state index contributed by atoms with van der Waals surface area (Å²) in [5, 5.41) is 0. The molecular weight excluding hydrogens is 231 g/mol. The van der Waals surface area contributed by atoms with Crippen molar-refractivity contribution in [3.8, 4) is 0 Å². The van der Waals surface area contributed by atoms with Crippen molar-refractivity contribution in [3.63, 3.8) is 0 Å². The lowest BCUT2D eigenvalue weighted by Crippen LogP contribution is -2.48. The number of nitrogens with zero attached hydrogens (tertiary/aromatic N) is 1. The molecule has 0 spiro atoms. The number of hydrogen-bond acceptors (Lipinski definition) is 2. The Hall–Kier alpha value is 0.500. The highest BCUT2D eigenvalue weighted by atomic mass is 35.5. The highest BCUT2D eigenvalue weighted by Gasteiger charge is 2.24. The Morgan fingerprint density at radius 2 is 1.80 bits per heavy atom. The molecule has 0 amide bonds. The molecule has 0 bridgehead atoms. The van der Waals surface area contributed by atoms with E-state index in [2.05, 4.69) is 18.9 Å². The van der Waals surface area contributed by atoms with Crippen LogP contribution in [0.4, 0.5) is 0 Å². The zero-order valence-corrected chi connectivity index (χ0v) is 11.6. The van der Waals surface area contributed by atoms with Crippen molar-refractivity contribution in [1.82, 2.24) is 4.90 Å². The molecule has 1 aliphatic carbocycles. The Kier molecular flexibility index (Phi) is 11.6. The maximum atomic E-state index is 6.11. The first-order chi connectivity index (χ1) is 6.25. The van der Waals surface area contributed by atoms with Crippen molar-refractivity contribution in [2.24, 2.45) is 5.73 Å². The van der Waals surface area contributed by atoms with E-state index < -0.39 is 0 Å². The van der Waals surface area contributed by atoms with Crippen molar-refractivity contribution in [3.05, 3.63) is 0 Å². The topological polar surface area (TPSA) is 29.3 Å². The van der Waals surface area contributed by atoms with E-state index in [9.17, 15) is 0 Å². The van der Waals surface area contributed by atoms with Crippen LogP contribution in [-0.2, 0) is 0 Å². The van der Waals surface area contributed by atoms with Crippen LogP contribution < -0.4 is 5.73 Å². The van der Waals surface area contributed by atoms with Crippen molar-refractivity contribution < 1.29 is 0 Å². The lowest BCUT2D eigenvalue weighted by Gasteiger charge is -2.36. The fourth-order valence-electron chi connectivity index (χ4n) is 2.26. The first-order valence-electron chi connectivity index (χ1n) is 5.71. The summed E-state index contributed by atoms with van der Waals surface area (Å²) >= 11 is 0. The normalized spacial score (nSPS) is 25.6. The van der Waals surface area contributed by atoms with E-state index in [1.807, 2.05) is 0 Å². The van der Waals surface area contributed by atoms with Gasteiger partial charge < -0.3 is 10.6 Å². The van der Waals surface area contributed by atoms with Gasteiger partial charge in [-0.25, -0.2) is 0 Å². The summed E-state index contributed by atoms with van der Waals surface area (Å²) < 4.78 is 0. The predicted molar refractivity (Wildman–Crippen MR) is 72.3 cm³/mol. The maximum absolute atomic E-state index is 6.11. The molecule has 0 aliphatic heterocycles. The molecular formula is C11H26Cl2N2. The van der Waals surface area contributed by atoms with Crippen molar-refractivity contribution >= 4 is 24.8 Å². The molecule has 1 aliphatic rings. The van der Waals surface area contributed by atoms with Gasteiger partial charge in [-0.05, 0) is 32.9 Å². The Balaban J connectivity index is 0. The third-order valence-corrected chi connectivity index (χ3v) is 3.21.